The molecule has 2 aromatic rings. The van der Waals surface area contributed by atoms with Crippen LogP contribution in [-0.4, -0.2) is 40.7 Å². The van der Waals surface area contributed by atoms with Gasteiger partial charge >= 0.3 is 0 Å². The van der Waals surface area contributed by atoms with Crippen molar-refractivity contribution in [2.45, 2.75) is 12.8 Å². The SMILES string of the molecule is CN(C)c1ccc(NC(=O)c2cc(N3CCCCS3(=O)=O)ccc2Cl)cc1. The van der Waals surface area contributed by atoms with Crippen molar-refractivity contribution in [3.8, 4) is 0 Å². The van der Waals surface area contributed by atoms with Gasteiger partial charge in [0, 0.05) is 32.0 Å². The predicted octanol–water partition coefficient (Wildman–Crippen LogP) is 3.59. The molecule has 0 aromatic heterocycles. The summed E-state index contributed by atoms with van der Waals surface area (Å²) >= 11 is 6.20. The summed E-state index contributed by atoms with van der Waals surface area (Å²) in [5, 5.41) is 3.08. The van der Waals surface area contributed by atoms with Gasteiger partial charge in [-0.3, -0.25) is 9.10 Å². The average Bonchev–Trinajstić information content (AvgIpc) is 2.62. The van der Waals surface area contributed by atoms with E-state index in [4.69, 9.17) is 11.6 Å². The van der Waals surface area contributed by atoms with Gasteiger partial charge in [-0.2, -0.15) is 0 Å². The third-order valence-corrected chi connectivity index (χ3v) is 6.67. The van der Waals surface area contributed by atoms with E-state index in [1.54, 1.807) is 24.3 Å². The maximum absolute atomic E-state index is 12.7. The van der Waals surface area contributed by atoms with Crippen LogP contribution in [0.2, 0.25) is 5.02 Å². The van der Waals surface area contributed by atoms with E-state index in [-0.39, 0.29) is 22.2 Å². The molecule has 0 saturated carbocycles. The summed E-state index contributed by atoms with van der Waals surface area (Å²) in [6.07, 6.45) is 1.45. The highest BCUT2D eigenvalue weighted by Crippen LogP contribution is 2.28. The first-order chi connectivity index (χ1) is 12.8. The van der Waals surface area contributed by atoms with Crippen LogP contribution in [0.5, 0.6) is 0 Å². The molecule has 1 aliphatic heterocycles. The molecule has 0 bridgehead atoms. The van der Waals surface area contributed by atoms with E-state index in [0.717, 1.165) is 12.1 Å². The van der Waals surface area contributed by atoms with E-state index in [9.17, 15) is 13.2 Å². The van der Waals surface area contributed by atoms with Crippen molar-refractivity contribution >= 4 is 44.6 Å². The summed E-state index contributed by atoms with van der Waals surface area (Å²) in [7, 11) is 0.526. The zero-order valence-corrected chi connectivity index (χ0v) is 16.8. The van der Waals surface area contributed by atoms with Crippen molar-refractivity contribution in [2.75, 3.05) is 40.9 Å². The van der Waals surface area contributed by atoms with Crippen LogP contribution in [0.4, 0.5) is 17.1 Å². The van der Waals surface area contributed by atoms with Crippen molar-refractivity contribution in [3.63, 3.8) is 0 Å². The molecular weight excluding hydrogens is 386 g/mol. The molecule has 144 valence electrons. The Morgan fingerprint density at radius 2 is 1.81 bits per heavy atom. The van der Waals surface area contributed by atoms with Crippen LogP contribution >= 0.6 is 11.6 Å². The lowest BCUT2D eigenvalue weighted by molar-refractivity contribution is 0.102. The molecule has 2 aromatic carbocycles. The zero-order chi connectivity index (χ0) is 19.6. The molecule has 1 saturated heterocycles. The fourth-order valence-corrected chi connectivity index (χ4v) is 4.80. The van der Waals surface area contributed by atoms with E-state index in [1.807, 2.05) is 31.1 Å². The lowest BCUT2D eigenvalue weighted by Crippen LogP contribution is -2.38. The number of nitrogens with zero attached hydrogens (tertiary/aromatic N) is 2. The van der Waals surface area contributed by atoms with E-state index in [1.165, 1.54) is 10.4 Å². The number of carbonyl (C=O) groups is 1. The Balaban J connectivity index is 1.84. The molecule has 1 aliphatic rings. The van der Waals surface area contributed by atoms with Crippen LogP contribution in [0, 0.1) is 0 Å². The summed E-state index contributed by atoms with van der Waals surface area (Å²) in [6.45, 7) is 0.414. The Kier molecular flexibility index (Phi) is 5.62. The van der Waals surface area contributed by atoms with E-state index < -0.39 is 10.0 Å². The minimum absolute atomic E-state index is 0.120. The van der Waals surface area contributed by atoms with Gasteiger partial charge in [0.15, 0.2) is 0 Å². The lowest BCUT2D eigenvalue weighted by atomic mass is 10.1. The van der Waals surface area contributed by atoms with Gasteiger partial charge < -0.3 is 10.2 Å². The molecular formula is C19H22ClN3O3S. The van der Waals surface area contributed by atoms with E-state index >= 15 is 0 Å². The molecule has 1 amide bonds. The molecule has 0 aliphatic carbocycles. The van der Waals surface area contributed by atoms with Crippen LogP contribution < -0.4 is 14.5 Å². The standard InChI is InChI=1S/C19H22ClN3O3S/c1-22(2)15-7-5-14(6-8-15)21-19(24)17-13-16(9-10-18(17)20)23-11-3-4-12-27(23,25)26/h5-10,13H,3-4,11-12H2,1-2H3,(H,21,24). The molecule has 1 N–H and O–H groups in total. The highest BCUT2D eigenvalue weighted by molar-refractivity contribution is 7.92. The van der Waals surface area contributed by atoms with Gasteiger partial charge in [0.05, 0.1) is 22.0 Å². The van der Waals surface area contributed by atoms with Gasteiger partial charge in [-0.25, -0.2) is 8.42 Å². The van der Waals surface area contributed by atoms with Gasteiger partial charge in [-0.15, -0.1) is 0 Å². The topological polar surface area (TPSA) is 69.7 Å². The molecule has 27 heavy (non-hydrogen) atoms. The largest absolute Gasteiger partial charge is 0.378 e. The molecule has 8 heteroatoms. The Hall–Kier alpha value is -2.25. The number of carbonyl (C=O) groups excluding carboxylic acids is 1. The van der Waals surface area contributed by atoms with Crippen molar-refractivity contribution in [1.82, 2.24) is 0 Å². The fourth-order valence-electron chi connectivity index (χ4n) is 2.96. The van der Waals surface area contributed by atoms with E-state index in [2.05, 4.69) is 5.32 Å². The number of hydrogen-bond donors (Lipinski definition) is 1. The maximum atomic E-state index is 12.7. The number of sulfonamides is 1. The van der Waals surface area contributed by atoms with Crippen LogP contribution in [0.15, 0.2) is 42.5 Å². The van der Waals surface area contributed by atoms with Gasteiger partial charge in [0.25, 0.3) is 5.91 Å². The average molecular weight is 408 g/mol. The van der Waals surface area contributed by atoms with Gasteiger partial charge in [-0.1, -0.05) is 11.6 Å². The normalized spacial score (nSPS) is 16.0. The summed E-state index contributed by atoms with van der Waals surface area (Å²) in [5.74, 6) is -0.260. The van der Waals surface area contributed by atoms with Gasteiger partial charge in [0.1, 0.15) is 0 Å². The number of anilines is 3. The van der Waals surface area contributed by atoms with Crippen LogP contribution in [0.1, 0.15) is 23.2 Å². The fraction of sp³-hybridized carbons (Fsp3) is 0.316. The summed E-state index contributed by atoms with van der Waals surface area (Å²) < 4.78 is 26.0. The second-order valence-electron chi connectivity index (χ2n) is 6.65. The Morgan fingerprint density at radius 3 is 2.44 bits per heavy atom. The second kappa shape index (κ2) is 7.78. The third-order valence-electron chi connectivity index (χ3n) is 4.47. The molecule has 0 spiro atoms. The minimum Gasteiger partial charge on any atom is -0.378 e. The monoisotopic (exact) mass is 407 g/mol. The van der Waals surface area contributed by atoms with Crippen LogP contribution in [0.25, 0.3) is 0 Å². The zero-order valence-electron chi connectivity index (χ0n) is 15.3. The predicted molar refractivity (Wildman–Crippen MR) is 111 cm³/mol. The molecule has 0 radical (unpaired) electrons. The first-order valence-corrected chi connectivity index (χ1v) is 10.7. The first-order valence-electron chi connectivity index (χ1n) is 8.66. The number of benzene rings is 2. The Bertz CT molecular complexity index is 943. The molecule has 1 heterocycles. The Morgan fingerprint density at radius 1 is 1.11 bits per heavy atom. The smallest absolute Gasteiger partial charge is 0.257 e. The minimum atomic E-state index is -3.35. The molecule has 0 atom stereocenters. The third kappa shape index (κ3) is 4.36. The summed E-state index contributed by atoms with van der Waals surface area (Å²) in [5.41, 5.74) is 2.36. The lowest BCUT2D eigenvalue weighted by Gasteiger charge is -2.28. The maximum Gasteiger partial charge on any atom is 0.257 e. The van der Waals surface area contributed by atoms with Crippen molar-refractivity contribution in [1.29, 1.82) is 0 Å². The van der Waals surface area contributed by atoms with Crippen molar-refractivity contribution < 1.29 is 13.2 Å². The highest BCUT2D eigenvalue weighted by Gasteiger charge is 2.27. The number of hydrogen-bond acceptors (Lipinski definition) is 4. The molecule has 0 unspecified atom stereocenters. The van der Waals surface area contributed by atoms with Crippen LogP contribution in [0.3, 0.4) is 0 Å². The van der Waals surface area contributed by atoms with Crippen molar-refractivity contribution in [3.05, 3.63) is 53.1 Å². The summed E-state index contributed by atoms with van der Waals surface area (Å²) in [4.78, 5) is 14.6. The van der Waals surface area contributed by atoms with E-state index in [0.29, 0.717) is 24.3 Å². The number of rotatable bonds is 4. The van der Waals surface area contributed by atoms with Crippen LogP contribution in [-0.2, 0) is 10.0 Å². The second-order valence-corrected chi connectivity index (χ2v) is 9.07. The number of halogens is 1. The quantitative estimate of drug-likeness (QED) is 0.840. The van der Waals surface area contributed by atoms with Gasteiger partial charge in [-0.05, 0) is 55.3 Å². The molecule has 3 rings (SSSR count). The molecule has 6 nitrogen and oxygen atoms in total. The number of amides is 1. The summed E-state index contributed by atoms with van der Waals surface area (Å²) in [6, 6.07) is 12.1. The highest BCUT2D eigenvalue weighted by atomic mass is 35.5. The Labute approximate surface area is 164 Å². The first kappa shape index (κ1) is 19.5. The number of nitrogens with one attached hydrogen (secondary N) is 1. The molecule has 1 fully saturated rings. The van der Waals surface area contributed by atoms with Gasteiger partial charge in [0.2, 0.25) is 10.0 Å². The van der Waals surface area contributed by atoms with Crippen molar-refractivity contribution in [2.24, 2.45) is 0 Å².